The Bertz CT molecular complexity index is 346. The first-order valence-electron chi connectivity index (χ1n) is 5.60. The lowest BCUT2D eigenvalue weighted by Gasteiger charge is -2.40. The van der Waals surface area contributed by atoms with Crippen molar-refractivity contribution < 1.29 is 4.74 Å². The van der Waals surface area contributed by atoms with Gasteiger partial charge in [-0.1, -0.05) is 18.2 Å². The number of para-hydroxylation sites is 1. The Balaban J connectivity index is 2.27. The zero-order chi connectivity index (χ0) is 10.9. The minimum absolute atomic E-state index is 0.0896. The number of rotatable bonds is 2. The van der Waals surface area contributed by atoms with Gasteiger partial charge in [-0.05, 0) is 44.9 Å². The Morgan fingerprint density at radius 1 is 1.40 bits per heavy atom. The average Bonchev–Trinajstić information content (AvgIpc) is 2.18. The van der Waals surface area contributed by atoms with Crippen molar-refractivity contribution in [3.05, 3.63) is 29.8 Å². The Morgan fingerprint density at radius 3 is 2.87 bits per heavy atom. The van der Waals surface area contributed by atoms with Crippen LogP contribution in [0.2, 0.25) is 0 Å². The van der Waals surface area contributed by atoms with E-state index >= 15 is 0 Å². The van der Waals surface area contributed by atoms with Crippen molar-refractivity contribution in [2.24, 2.45) is 11.7 Å². The monoisotopic (exact) mass is 205 g/mol. The van der Waals surface area contributed by atoms with Gasteiger partial charge in [-0.25, -0.2) is 0 Å². The van der Waals surface area contributed by atoms with Crippen molar-refractivity contribution >= 4 is 0 Å². The fourth-order valence-corrected chi connectivity index (χ4v) is 2.30. The zero-order valence-corrected chi connectivity index (χ0v) is 9.49. The summed E-state index contributed by atoms with van der Waals surface area (Å²) >= 11 is 0. The molecule has 1 unspecified atom stereocenters. The van der Waals surface area contributed by atoms with Crippen LogP contribution in [0.15, 0.2) is 24.3 Å². The summed E-state index contributed by atoms with van der Waals surface area (Å²) in [5, 5.41) is 0. The topological polar surface area (TPSA) is 35.2 Å². The zero-order valence-electron chi connectivity index (χ0n) is 9.49. The third kappa shape index (κ3) is 2.00. The highest BCUT2D eigenvalue weighted by Gasteiger charge is 2.35. The molecule has 1 heterocycles. The van der Waals surface area contributed by atoms with E-state index in [-0.39, 0.29) is 5.60 Å². The predicted molar refractivity (Wildman–Crippen MR) is 62.0 cm³/mol. The van der Waals surface area contributed by atoms with E-state index in [0.717, 1.165) is 25.1 Å². The van der Waals surface area contributed by atoms with Gasteiger partial charge in [0.15, 0.2) is 0 Å². The summed E-state index contributed by atoms with van der Waals surface area (Å²) in [7, 11) is 0. The molecule has 2 nitrogen and oxygen atoms in total. The lowest BCUT2D eigenvalue weighted by atomic mass is 9.80. The molecule has 82 valence electrons. The van der Waals surface area contributed by atoms with Gasteiger partial charge < -0.3 is 10.5 Å². The van der Waals surface area contributed by atoms with Gasteiger partial charge in [-0.2, -0.15) is 0 Å². The van der Waals surface area contributed by atoms with Crippen LogP contribution in [0, 0.1) is 5.92 Å². The van der Waals surface area contributed by atoms with Gasteiger partial charge in [0.05, 0.1) is 0 Å². The van der Waals surface area contributed by atoms with Gasteiger partial charge in [0.2, 0.25) is 0 Å². The molecule has 0 saturated heterocycles. The molecule has 1 atom stereocenters. The summed E-state index contributed by atoms with van der Waals surface area (Å²) in [6.07, 6.45) is 2.11. The summed E-state index contributed by atoms with van der Waals surface area (Å²) in [5.74, 6) is 1.56. The first-order valence-corrected chi connectivity index (χ1v) is 5.60. The SMILES string of the molecule is CC1(C)Oc2ccccc2CC1CCN. The van der Waals surface area contributed by atoms with E-state index in [2.05, 4.69) is 32.0 Å². The fraction of sp³-hybridized carbons (Fsp3) is 0.538. The second-order valence-electron chi connectivity index (χ2n) is 4.79. The number of hydrogen-bond acceptors (Lipinski definition) is 2. The fourth-order valence-electron chi connectivity index (χ4n) is 2.30. The molecule has 0 aromatic heterocycles. The average molecular weight is 205 g/mol. The van der Waals surface area contributed by atoms with Gasteiger partial charge in [0.25, 0.3) is 0 Å². The third-order valence-corrected chi connectivity index (χ3v) is 3.31. The van der Waals surface area contributed by atoms with Crippen LogP contribution in [-0.4, -0.2) is 12.1 Å². The maximum Gasteiger partial charge on any atom is 0.123 e. The first kappa shape index (κ1) is 10.5. The Hall–Kier alpha value is -1.02. The summed E-state index contributed by atoms with van der Waals surface area (Å²) < 4.78 is 6.03. The minimum atomic E-state index is -0.0896. The van der Waals surface area contributed by atoms with Gasteiger partial charge in [0.1, 0.15) is 11.4 Å². The van der Waals surface area contributed by atoms with E-state index < -0.39 is 0 Å². The molecule has 0 amide bonds. The Labute approximate surface area is 91.4 Å². The van der Waals surface area contributed by atoms with Crippen molar-refractivity contribution in [2.75, 3.05) is 6.54 Å². The van der Waals surface area contributed by atoms with Gasteiger partial charge in [0, 0.05) is 5.92 Å². The third-order valence-electron chi connectivity index (χ3n) is 3.31. The van der Waals surface area contributed by atoms with Crippen LogP contribution in [0.1, 0.15) is 25.8 Å². The molecule has 2 heteroatoms. The molecule has 0 aliphatic carbocycles. The van der Waals surface area contributed by atoms with Crippen LogP contribution in [0.25, 0.3) is 0 Å². The molecular weight excluding hydrogens is 186 g/mol. The summed E-state index contributed by atoms with van der Waals surface area (Å²) in [4.78, 5) is 0. The molecule has 0 bridgehead atoms. The van der Waals surface area contributed by atoms with Gasteiger partial charge >= 0.3 is 0 Å². The molecule has 0 fully saturated rings. The largest absolute Gasteiger partial charge is 0.487 e. The van der Waals surface area contributed by atoms with E-state index in [1.54, 1.807) is 0 Å². The van der Waals surface area contributed by atoms with Crippen LogP contribution < -0.4 is 10.5 Å². The van der Waals surface area contributed by atoms with E-state index in [1.807, 2.05) is 6.07 Å². The summed E-state index contributed by atoms with van der Waals surface area (Å²) in [5.41, 5.74) is 6.87. The summed E-state index contributed by atoms with van der Waals surface area (Å²) in [6, 6.07) is 8.29. The van der Waals surface area contributed by atoms with E-state index in [0.29, 0.717) is 5.92 Å². The second-order valence-corrected chi connectivity index (χ2v) is 4.79. The first-order chi connectivity index (χ1) is 7.13. The molecule has 1 aliphatic heterocycles. The van der Waals surface area contributed by atoms with Crippen LogP contribution in [0.3, 0.4) is 0 Å². The van der Waals surface area contributed by atoms with E-state index in [1.165, 1.54) is 5.56 Å². The van der Waals surface area contributed by atoms with Crippen LogP contribution in [0.4, 0.5) is 0 Å². The molecular formula is C13H19NO. The predicted octanol–water partition coefficient (Wildman–Crippen LogP) is 2.37. The molecule has 1 aliphatic rings. The van der Waals surface area contributed by atoms with Crippen LogP contribution in [0.5, 0.6) is 5.75 Å². The molecule has 2 rings (SSSR count). The number of ether oxygens (including phenoxy) is 1. The van der Waals surface area contributed by atoms with Crippen molar-refractivity contribution in [3.8, 4) is 5.75 Å². The van der Waals surface area contributed by atoms with Gasteiger partial charge in [-0.15, -0.1) is 0 Å². The minimum Gasteiger partial charge on any atom is -0.487 e. The highest BCUT2D eigenvalue weighted by Crippen LogP contribution is 2.37. The van der Waals surface area contributed by atoms with Crippen LogP contribution in [-0.2, 0) is 6.42 Å². The normalized spacial score (nSPS) is 23.0. The summed E-state index contributed by atoms with van der Waals surface area (Å²) in [6.45, 7) is 5.05. The van der Waals surface area contributed by atoms with Gasteiger partial charge in [-0.3, -0.25) is 0 Å². The number of fused-ring (bicyclic) bond motifs is 1. The highest BCUT2D eigenvalue weighted by atomic mass is 16.5. The Morgan fingerprint density at radius 2 is 2.13 bits per heavy atom. The van der Waals surface area contributed by atoms with Crippen molar-refractivity contribution in [3.63, 3.8) is 0 Å². The number of benzene rings is 1. The lowest BCUT2D eigenvalue weighted by Crippen LogP contribution is -2.43. The molecule has 1 aromatic carbocycles. The molecule has 0 radical (unpaired) electrons. The van der Waals surface area contributed by atoms with Crippen LogP contribution >= 0.6 is 0 Å². The maximum atomic E-state index is 6.03. The molecule has 0 saturated carbocycles. The lowest BCUT2D eigenvalue weighted by molar-refractivity contribution is 0.0239. The smallest absolute Gasteiger partial charge is 0.123 e. The second kappa shape index (κ2) is 3.86. The van der Waals surface area contributed by atoms with E-state index in [9.17, 15) is 0 Å². The molecule has 1 aromatic rings. The van der Waals surface area contributed by atoms with E-state index in [4.69, 9.17) is 10.5 Å². The molecule has 0 spiro atoms. The van der Waals surface area contributed by atoms with Crippen molar-refractivity contribution in [1.82, 2.24) is 0 Å². The maximum absolute atomic E-state index is 6.03. The molecule has 15 heavy (non-hydrogen) atoms. The van der Waals surface area contributed by atoms with Crippen molar-refractivity contribution in [2.45, 2.75) is 32.3 Å². The standard InChI is InChI=1S/C13H19NO/c1-13(2)11(7-8-14)9-10-5-3-4-6-12(10)15-13/h3-6,11H,7-9,14H2,1-2H3. The number of hydrogen-bond donors (Lipinski definition) is 1. The molecule has 2 N–H and O–H groups in total. The quantitative estimate of drug-likeness (QED) is 0.804. The Kier molecular flexibility index (Phi) is 2.70. The van der Waals surface area contributed by atoms with Crippen molar-refractivity contribution in [1.29, 1.82) is 0 Å². The number of nitrogens with two attached hydrogens (primary N) is 1. The highest BCUT2D eigenvalue weighted by molar-refractivity contribution is 5.36.